The molecule has 3 rings (SSSR count). The summed E-state index contributed by atoms with van der Waals surface area (Å²) in [5.41, 5.74) is 1.11. The lowest BCUT2D eigenvalue weighted by molar-refractivity contribution is 0.140. The highest BCUT2D eigenvalue weighted by molar-refractivity contribution is 5.85. The number of hydrogen-bond acceptors (Lipinski definition) is 5. The van der Waals surface area contributed by atoms with E-state index in [1.165, 1.54) is 13.0 Å². The summed E-state index contributed by atoms with van der Waals surface area (Å²) in [7, 11) is 5.06. The second kappa shape index (κ2) is 8.08. The minimum absolute atomic E-state index is 0. The average molecular weight is 343 g/mol. The molecule has 0 aromatic heterocycles. The van der Waals surface area contributed by atoms with Gasteiger partial charge in [0.05, 0.1) is 26.9 Å². The number of fused-ring (bicyclic) bond motifs is 1. The number of nitrogens with one attached hydrogen (secondary N) is 1. The Balaban J connectivity index is 0.00000192. The molecule has 0 bridgehead atoms. The van der Waals surface area contributed by atoms with Crippen LogP contribution in [0.4, 0.5) is 0 Å². The van der Waals surface area contributed by atoms with Crippen molar-refractivity contribution in [2.75, 3.05) is 47.5 Å². The van der Waals surface area contributed by atoms with E-state index in [1.807, 2.05) is 12.1 Å². The molecule has 0 radical (unpaired) electrons. The normalized spacial score (nSPS) is 23.8. The van der Waals surface area contributed by atoms with Gasteiger partial charge in [-0.15, -0.1) is 12.4 Å². The highest BCUT2D eigenvalue weighted by Crippen LogP contribution is 2.36. The number of ether oxygens (including phenoxy) is 3. The molecule has 2 atom stereocenters. The standard InChI is InChI=1S/C17H26N2O3.ClH/c1-20-14-6-16(21-2)15(17(7-14)22-3)11-19-5-4-12-8-18-9-13(12)10-19;/h6-7,12-13,18H,4-5,8-11H2,1-3H3;1H. The predicted molar refractivity (Wildman–Crippen MR) is 93.1 cm³/mol. The molecular formula is C17H27ClN2O3. The number of rotatable bonds is 5. The van der Waals surface area contributed by atoms with Gasteiger partial charge in [-0.3, -0.25) is 4.90 Å². The molecule has 5 nitrogen and oxygen atoms in total. The Morgan fingerprint density at radius 3 is 2.30 bits per heavy atom. The number of methoxy groups -OCH3 is 3. The first-order valence-electron chi connectivity index (χ1n) is 7.97. The molecule has 6 heteroatoms. The summed E-state index contributed by atoms with van der Waals surface area (Å²) in [6.07, 6.45) is 1.28. The Bertz CT molecular complexity index is 502. The van der Waals surface area contributed by atoms with Crippen LogP contribution in [0.25, 0.3) is 0 Å². The summed E-state index contributed by atoms with van der Waals surface area (Å²) >= 11 is 0. The maximum Gasteiger partial charge on any atom is 0.130 e. The molecule has 2 unspecified atom stereocenters. The van der Waals surface area contributed by atoms with Gasteiger partial charge >= 0.3 is 0 Å². The highest BCUT2D eigenvalue weighted by Gasteiger charge is 2.33. The monoisotopic (exact) mass is 342 g/mol. The third-order valence-corrected chi connectivity index (χ3v) is 4.99. The van der Waals surface area contributed by atoms with E-state index in [9.17, 15) is 0 Å². The fraction of sp³-hybridized carbons (Fsp3) is 0.647. The number of hydrogen-bond donors (Lipinski definition) is 1. The van der Waals surface area contributed by atoms with Crippen molar-refractivity contribution < 1.29 is 14.2 Å². The third-order valence-electron chi connectivity index (χ3n) is 4.99. The minimum Gasteiger partial charge on any atom is -0.496 e. The Kier molecular flexibility index (Phi) is 6.39. The van der Waals surface area contributed by atoms with E-state index in [2.05, 4.69) is 10.2 Å². The van der Waals surface area contributed by atoms with Crippen LogP contribution >= 0.6 is 12.4 Å². The minimum atomic E-state index is 0. The van der Waals surface area contributed by atoms with Crippen molar-refractivity contribution in [3.8, 4) is 17.2 Å². The SMILES string of the molecule is COc1cc(OC)c(CN2CCC3CNCC3C2)c(OC)c1.Cl. The van der Waals surface area contributed by atoms with Crippen LogP contribution in [0.1, 0.15) is 12.0 Å². The molecular weight excluding hydrogens is 316 g/mol. The van der Waals surface area contributed by atoms with E-state index >= 15 is 0 Å². The fourth-order valence-corrected chi connectivity index (χ4v) is 3.71. The topological polar surface area (TPSA) is 43.0 Å². The van der Waals surface area contributed by atoms with E-state index in [1.54, 1.807) is 21.3 Å². The molecule has 2 aliphatic rings. The van der Waals surface area contributed by atoms with Crippen LogP contribution < -0.4 is 19.5 Å². The molecule has 2 heterocycles. The molecule has 0 amide bonds. The van der Waals surface area contributed by atoms with Crippen LogP contribution in [0.3, 0.4) is 0 Å². The van der Waals surface area contributed by atoms with Crippen molar-refractivity contribution in [2.45, 2.75) is 13.0 Å². The molecule has 2 saturated heterocycles. The van der Waals surface area contributed by atoms with Gasteiger partial charge in [-0.2, -0.15) is 0 Å². The van der Waals surface area contributed by atoms with Crippen LogP contribution in [-0.2, 0) is 6.54 Å². The van der Waals surface area contributed by atoms with Crippen molar-refractivity contribution in [3.63, 3.8) is 0 Å². The first-order chi connectivity index (χ1) is 10.7. The van der Waals surface area contributed by atoms with Crippen molar-refractivity contribution in [3.05, 3.63) is 17.7 Å². The largest absolute Gasteiger partial charge is 0.496 e. The van der Waals surface area contributed by atoms with E-state index in [-0.39, 0.29) is 12.4 Å². The van der Waals surface area contributed by atoms with Gasteiger partial charge in [0.25, 0.3) is 0 Å². The quantitative estimate of drug-likeness (QED) is 0.888. The van der Waals surface area contributed by atoms with Gasteiger partial charge in [0.1, 0.15) is 17.2 Å². The number of benzene rings is 1. The fourth-order valence-electron chi connectivity index (χ4n) is 3.71. The second-order valence-corrected chi connectivity index (χ2v) is 6.21. The van der Waals surface area contributed by atoms with Gasteiger partial charge in [-0.05, 0) is 37.9 Å². The first kappa shape index (κ1) is 18.2. The van der Waals surface area contributed by atoms with Gasteiger partial charge in [0.15, 0.2) is 0 Å². The molecule has 2 aliphatic heterocycles. The Morgan fingerprint density at radius 1 is 1.04 bits per heavy atom. The summed E-state index contributed by atoms with van der Waals surface area (Å²) in [6.45, 7) is 5.49. The number of piperidine rings is 1. The summed E-state index contributed by atoms with van der Waals surface area (Å²) in [4.78, 5) is 2.51. The van der Waals surface area contributed by atoms with Gasteiger partial charge in [0.2, 0.25) is 0 Å². The lowest BCUT2D eigenvalue weighted by Gasteiger charge is -2.35. The van der Waals surface area contributed by atoms with Crippen molar-refractivity contribution >= 4 is 12.4 Å². The lowest BCUT2D eigenvalue weighted by atomic mass is 9.88. The number of likely N-dealkylation sites (tertiary alicyclic amines) is 1. The summed E-state index contributed by atoms with van der Waals surface area (Å²) in [5, 5.41) is 3.52. The Labute approximate surface area is 144 Å². The molecule has 1 aromatic rings. The zero-order chi connectivity index (χ0) is 15.5. The molecule has 0 aliphatic carbocycles. The average Bonchev–Trinajstić information content (AvgIpc) is 3.02. The molecule has 1 N–H and O–H groups in total. The third kappa shape index (κ3) is 3.84. The summed E-state index contributed by atoms with van der Waals surface area (Å²) in [6, 6.07) is 3.86. The van der Waals surface area contributed by atoms with Crippen molar-refractivity contribution in [2.24, 2.45) is 11.8 Å². The second-order valence-electron chi connectivity index (χ2n) is 6.21. The smallest absolute Gasteiger partial charge is 0.130 e. The van der Waals surface area contributed by atoms with Gasteiger partial charge in [-0.25, -0.2) is 0 Å². The molecule has 23 heavy (non-hydrogen) atoms. The van der Waals surface area contributed by atoms with E-state index in [4.69, 9.17) is 14.2 Å². The van der Waals surface area contributed by atoms with E-state index in [0.717, 1.165) is 60.8 Å². The summed E-state index contributed by atoms with van der Waals surface area (Å²) < 4.78 is 16.4. The van der Waals surface area contributed by atoms with Crippen LogP contribution in [-0.4, -0.2) is 52.4 Å². The van der Waals surface area contributed by atoms with Crippen LogP contribution in [0.5, 0.6) is 17.2 Å². The van der Waals surface area contributed by atoms with Crippen molar-refractivity contribution in [1.82, 2.24) is 10.2 Å². The molecule has 1 aromatic carbocycles. The number of nitrogens with zero attached hydrogens (tertiary/aromatic N) is 1. The first-order valence-corrected chi connectivity index (χ1v) is 7.97. The molecule has 130 valence electrons. The molecule has 2 fully saturated rings. The predicted octanol–water partition coefficient (Wildman–Crippen LogP) is 2.18. The van der Waals surface area contributed by atoms with Crippen LogP contribution in [0.2, 0.25) is 0 Å². The summed E-state index contributed by atoms with van der Waals surface area (Å²) in [5.74, 6) is 4.07. The zero-order valence-electron chi connectivity index (χ0n) is 14.1. The Hall–Kier alpha value is -1.17. The van der Waals surface area contributed by atoms with Crippen molar-refractivity contribution in [1.29, 1.82) is 0 Å². The maximum absolute atomic E-state index is 5.56. The van der Waals surface area contributed by atoms with E-state index in [0.29, 0.717) is 0 Å². The van der Waals surface area contributed by atoms with E-state index < -0.39 is 0 Å². The van der Waals surface area contributed by atoms with Gasteiger partial charge < -0.3 is 19.5 Å². The van der Waals surface area contributed by atoms with Crippen LogP contribution in [0, 0.1) is 11.8 Å². The molecule has 0 saturated carbocycles. The number of halogens is 1. The lowest BCUT2D eigenvalue weighted by Crippen LogP contribution is -2.39. The highest BCUT2D eigenvalue weighted by atomic mass is 35.5. The van der Waals surface area contributed by atoms with Gasteiger partial charge in [-0.1, -0.05) is 0 Å². The maximum atomic E-state index is 5.56. The van der Waals surface area contributed by atoms with Gasteiger partial charge in [0, 0.05) is 25.2 Å². The van der Waals surface area contributed by atoms with Crippen LogP contribution in [0.15, 0.2) is 12.1 Å². The Morgan fingerprint density at radius 2 is 1.70 bits per heavy atom. The molecule has 0 spiro atoms. The zero-order valence-corrected chi connectivity index (χ0v) is 14.9.